The molecule has 1 aromatic rings. The molecule has 17 heavy (non-hydrogen) atoms. The standard InChI is InChI=1S/C13H15NO2S/c1-10(2)11-3-5-12(6-4-11)17(15,16)13(9-14)7-8-13/h3-6,10H,7-8H2,1-2H3. The summed E-state index contributed by atoms with van der Waals surface area (Å²) < 4.78 is 23.3. The van der Waals surface area contributed by atoms with E-state index in [1.54, 1.807) is 12.1 Å². The molecular formula is C13H15NO2S. The summed E-state index contributed by atoms with van der Waals surface area (Å²) in [6.07, 6.45) is 0.912. The zero-order valence-electron chi connectivity index (χ0n) is 9.97. The summed E-state index contributed by atoms with van der Waals surface area (Å²) in [5.41, 5.74) is 1.10. The van der Waals surface area contributed by atoms with Crippen molar-refractivity contribution in [3.05, 3.63) is 29.8 Å². The molecule has 1 aliphatic rings. The van der Waals surface area contributed by atoms with Crippen molar-refractivity contribution in [3.63, 3.8) is 0 Å². The quantitative estimate of drug-likeness (QED) is 0.827. The van der Waals surface area contributed by atoms with E-state index in [0.717, 1.165) is 5.56 Å². The molecule has 0 atom stereocenters. The van der Waals surface area contributed by atoms with Crippen LogP contribution < -0.4 is 0 Å². The summed E-state index contributed by atoms with van der Waals surface area (Å²) in [7, 11) is -3.48. The van der Waals surface area contributed by atoms with Crippen LogP contribution in [0, 0.1) is 11.3 Å². The van der Waals surface area contributed by atoms with Crippen LogP contribution in [0.15, 0.2) is 29.2 Å². The normalized spacial score (nSPS) is 17.8. The van der Waals surface area contributed by atoms with Crippen LogP contribution in [0.5, 0.6) is 0 Å². The molecule has 1 aromatic carbocycles. The Morgan fingerprint density at radius 1 is 1.24 bits per heavy atom. The Hall–Kier alpha value is -1.34. The van der Waals surface area contributed by atoms with Gasteiger partial charge in [0.2, 0.25) is 0 Å². The third-order valence-electron chi connectivity index (χ3n) is 3.28. The lowest BCUT2D eigenvalue weighted by molar-refractivity contribution is 0.588. The number of rotatable bonds is 3. The number of hydrogen-bond acceptors (Lipinski definition) is 3. The van der Waals surface area contributed by atoms with Gasteiger partial charge in [-0.15, -0.1) is 0 Å². The zero-order valence-corrected chi connectivity index (χ0v) is 10.8. The van der Waals surface area contributed by atoms with Crippen molar-refractivity contribution < 1.29 is 8.42 Å². The molecule has 4 heteroatoms. The van der Waals surface area contributed by atoms with Crippen molar-refractivity contribution in [2.75, 3.05) is 0 Å². The SMILES string of the molecule is CC(C)c1ccc(S(=O)(=O)C2(C#N)CC2)cc1. The van der Waals surface area contributed by atoms with Gasteiger partial charge in [0.15, 0.2) is 14.6 Å². The summed E-state index contributed by atoms with van der Waals surface area (Å²) in [5.74, 6) is 0.373. The van der Waals surface area contributed by atoms with Crippen LogP contribution >= 0.6 is 0 Å². The molecule has 0 saturated heterocycles. The van der Waals surface area contributed by atoms with Crippen molar-refractivity contribution in [1.82, 2.24) is 0 Å². The van der Waals surface area contributed by atoms with Gasteiger partial charge in [-0.1, -0.05) is 26.0 Å². The van der Waals surface area contributed by atoms with E-state index < -0.39 is 14.6 Å². The Kier molecular flexibility index (Phi) is 2.75. The third kappa shape index (κ3) is 1.85. The Morgan fingerprint density at radius 3 is 2.12 bits per heavy atom. The number of hydrogen-bond donors (Lipinski definition) is 0. The molecule has 90 valence electrons. The highest BCUT2D eigenvalue weighted by molar-refractivity contribution is 7.93. The first-order chi connectivity index (χ1) is 7.93. The highest BCUT2D eigenvalue weighted by atomic mass is 32.2. The van der Waals surface area contributed by atoms with E-state index in [-0.39, 0.29) is 4.90 Å². The Bertz CT molecular complexity index is 560. The van der Waals surface area contributed by atoms with E-state index in [2.05, 4.69) is 13.8 Å². The second-order valence-corrected chi connectivity index (χ2v) is 7.09. The van der Waals surface area contributed by atoms with E-state index in [9.17, 15) is 8.42 Å². The summed E-state index contributed by atoms with van der Waals surface area (Å²) in [4.78, 5) is 0.265. The molecule has 0 unspecified atom stereocenters. The molecule has 0 radical (unpaired) electrons. The van der Waals surface area contributed by atoms with E-state index in [4.69, 9.17) is 5.26 Å². The monoisotopic (exact) mass is 249 g/mol. The van der Waals surface area contributed by atoms with Gasteiger partial charge in [0.1, 0.15) is 0 Å². The van der Waals surface area contributed by atoms with Crippen LogP contribution in [0.4, 0.5) is 0 Å². The van der Waals surface area contributed by atoms with E-state index in [0.29, 0.717) is 18.8 Å². The number of sulfone groups is 1. The summed E-state index contributed by atoms with van der Waals surface area (Å²) >= 11 is 0. The highest BCUT2D eigenvalue weighted by Gasteiger charge is 2.55. The lowest BCUT2D eigenvalue weighted by Crippen LogP contribution is -2.21. The predicted octanol–water partition coefficient (Wildman–Crippen LogP) is 2.64. The fraction of sp³-hybridized carbons (Fsp3) is 0.462. The fourth-order valence-electron chi connectivity index (χ4n) is 1.81. The number of nitriles is 1. The molecule has 0 aromatic heterocycles. The van der Waals surface area contributed by atoms with Crippen molar-refractivity contribution in [2.45, 2.75) is 42.2 Å². The maximum atomic E-state index is 12.2. The van der Waals surface area contributed by atoms with Gasteiger partial charge in [0, 0.05) is 0 Å². The van der Waals surface area contributed by atoms with Gasteiger partial charge in [-0.3, -0.25) is 0 Å². The molecule has 1 aliphatic carbocycles. The van der Waals surface area contributed by atoms with Crippen molar-refractivity contribution in [1.29, 1.82) is 5.26 Å². The minimum absolute atomic E-state index is 0.265. The second kappa shape index (κ2) is 3.85. The number of nitrogens with zero attached hydrogens (tertiary/aromatic N) is 1. The van der Waals surface area contributed by atoms with Crippen molar-refractivity contribution >= 4 is 9.84 Å². The minimum atomic E-state index is -3.48. The summed E-state index contributed by atoms with van der Waals surface area (Å²) in [5, 5.41) is 8.97. The van der Waals surface area contributed by atoms with Gasteiger partial charge in [0.05, 0.1) is 11.0 Å². The van der Waals surface area contributed by atoms with Crippen LogP contribution in [0.25, 0.3) is 0 Å². The van der Waals surface area contributed by atoms with E-state index in [1.807, 2.05) is 18.2 Å². The van der Waals surface area contributed by atoms with Crippen molar-refractivity contribution in [2.24, 2.45) is 0 Å². The molecule has 2 rings (SSSR count). The van der Waals surface area contributed by atoms with Crippen LogP contribution in [0.1, 0.15) is 38.2 Å². The predicted molar refractivity (Wildman–Crippen MR) is 65.3 cm³/mol. The molecule has 0 heterocycles. The minimum Gasteiger partial charge on any atom is -0.222 e. The maximum absolute atomic E-state index is 12.2. The number of benzene rings is 1. The fourth-order valence-corrected chi connectivity index (χ4v) is 3.52. The molecule has 1 saturated carbocycles. The molecule has 0 aliphatic heterocycles. The zero-order chi connectivity index (χ0) is 12.7. The van der Waals surface area contributed by atoms with Gasteiger partial charge in [-0.05, 0) is 36.5 Å². The first kappa shape index (κ1) is 12.1. The van der Waals surface area contributed by atoms with Crippen LogP contribution in [0.2, 0.25) is 0 Å². The largest absolute Gasteiger partial charge is 0.222 e. The molecule has 0 bridgehead atoms. The van der Waals surface area contributed by atoms with Gasteiger partial charge >= 0.3 is 0 Å². The first-order valence-electron chi connectivity index (χ1n) is 5.69. The third-order valence-corrected chi connectivity index (χ3v) is 5.70. The van der Waals surface area contributed by atoms with Crippen LogP contribution in [0.3, 0.4) is 0 Å². The van der Waals surface area contributed by atoms with Gasteiger partial charge in [-0.2, -0.15) is 5.26 Å². The molecule has 0 amide bonds. The van der Waals surface area contributed by atoms with Gasteiger partial charge in [0.25, 0.3) is 0 Å². The van der Waals surface area contributed by atoms with Crippen LogP contribution in [-0.2, 0) is 9.84 Å². The smallest absolute Gasteiger partial charge is 0.197 e. The molecule has 0 spiro atoms. The second-order valence-electron chi connectivity index (χ2n) is 4.83. The molecule has 1 fully saturated rings. The highest BCUT2D eigenvalue weighted by Crippen LogP contribution is 2.46. The molecule has 3 nitrogen and oxygen atoms in total. The summed E-state index contributed by atoms with van der Waals surface area (Å²) in [6.45, 7) is 4.11. The Morgan fingerprint density at radius 2 is 1.76 bits per heavy atom. The van der Waals surface area contributed by atoms with Crippen molar-refractivity contribution in [3.8, 4) is 6.07 Å². The molecular weight excluding hydrogens is 234 g/mol. The van der Waals surface area contributed by atoms with Crippen LogP contribution in [-0.4, -0.2) is 13.2 Å². The maximum Gasteiger partial charge on any atom is 0.197 e. The first-order valence-corrected chi connectivity index (χ1v) is 7.17. The molecule has 0 N–H and O–H groups in total. The Labute approximate surface area is 102 Å². The van der Waals surface area contributed by atoms with Gasteiger partial charge in [-0.25, -0.2) is 8.42 Å². The Balaban J connectivity index is 2.39. The lowest BCUT2D eigenvalue weighted by Gasteiger charge is -2.10. The average molecular weight is 249 g/mol. The van der Waals surface area contributed by atoms with E-state index in [1.165, 1.54) is 0 Å². The average Bonchev–Trinajstić information content (AvgIpc) is 3.10. The lowest BCUT2D eigenvalue weighted by atomic mass is 10.0. The van der Waals surface area contributed by atoms with E-state index >= 15 is 0 Å². The van der Waals surface area contributed by atoms with Gasteiger partial charge < -0.3 is 0 Å². The summed E-state index contributed by atoms with van der Waals surface area (Å²) in [6, 6.07) is 8.82. The topological polar surface area (TPSA) is 57.9 Å².